The first-order valence-corrected chi connectivity index (χ1v) is 6.98. The van der Waals surface area contributed by atoms with Crippen molar-refractivity contribution >= 4 is 11.5 Å². The highest BCUT2D eigenvalue weighted by Crippen LogP contribution is 2.33. The molecule has 106 valence electrons. The Kier molecular flexibility index (Phi) is 2.57. The van der Waals surface area contributed by atoms with Crippen molar-refractivity contribution in [3.8, 4) is 11.4 Å². The van der Waals surface area contributed by atoms with Gasteiger partial charge in [-0.2, -0.15) is 5.10 Å². The number of aromatic nitrogens is 4. The van der Waals surface area contributed by atoms with Crippen LogP contribution in [0, 0.1) is 0 Å². The van der Waals surface area contributed by atoms with Gasteiger partial charge in [0, 0.05) is 11.9 Å². The van der Waals surface area contributed by atoms with Gasteiger partial charge in [-0.25, -0.2) is 9.50 Å². The van der Waals surface area contributed by atoms with Crippen molar-refractivity contribution in [1.29, 1.82) is 0 Å². The topological polar surface area (TPSA) is 83.3 Å². The minimum atomic E-state index is -0.797. The molecule has 0 fully saturated rings. The van der Waals surface area contributed by atoms with Gasteiger partial charge in [0.1, 0.15) is 11.7 Å². The summed E-state index contributed by atoms with van der Waals surface area (Å²) in [5, 5.41) is 13.6. The summed E-state index contributed by atoms with van der Waals surface area (Å²) in [5.74, 6) is -0.594. The molecule has 0 radical (unpaired) electrons. The predicted molar refractivity (Wildman–Crippen MR) is 76.1 cm³/mol. The van der Waals surface area contributed by atoms with Crippen molar-refractivity contribution < 1.29 is 9.90 Å². The fourth-order valence-corrected chi connectivity index (χ4v) is 3.01. The van der Waals surface area contributed by atoms with Crippen molar-refractivity contribution in [1.82, 2.24) is 19.6 Å². The number of hydrogen-bond acceptors (Lipinski definition) is 3. The molecular weight excluding hydrogens is 268 g/mol. The van der Waals surface area contributed by atoms with Crippen molar-refractivity contribution in [3.63, 3.8) is 0 Å². The Morgan fingerprint density at radius 1 is 1.43 bits per heavy atom. The number of aromatic amines is 1. The largest absolute Gasteiger partial charge is 0.481 e. The average Bonchev–Trinajstić information content (AvgIpc) is 3.09. The number of pyridine rings is 1. The Labute approximate surface area is 120 Å². The lowest BCUT2D eigenvalue weighted by molar-refractivity contribution is -0.139. The van der Waals surface area contributed by atoms with Gasteiger partial charge in [0.2, 0.25) is 0 Å². The van der Waals surface area contributed by atoms with Crippen molar-refractivity contribution in [3.05, 3.63) is 42.0 Å². The summed E-state index contributed by atoms with van der Waals surface area (Å²) in [6.45, 7) is 0. The Morgan fingerprint density at radius 3 is 3.19 bits per heavy atom. The van der Waals surface area contributed by atoms with Gasteiger partial charge in [0.15, 0.2) is 0 Å². The van der Waals surface area contributed by atoms with Crippen molar-refractivity contribution in [2.45, 2.75) is 25.2 Å². The zero-order valence-corrected chi connectivity index (χ0v) is 11.3. The number of nitrogens with zero attached hydrogens (tertiary/aromatic N) is 3. The molecule has 0 amide bonds. The molecule has 3 aromatic heterocycles. The summed E-state index contributed by atoms with van der Waals surface area (Å²) in [4.78, 5) is 19.2. The molecule has 6 nitrogen and oxygen atoms in total. The minimum absolute atomic E-state index is 0.499. The number of hydrogen-bond donors (Lipinski definition) is 2. The van der Waals surface area contributed by atoms with Crippen LogP contribution in [0.25, 0.3) is 16.9 Å². The van der Waals surface area contributed by atoms with E-state index in [1.807, 2.05) is 24.4 Å². The third kappa shape index (κ3) is 1.83. The monoisotopic (exact) mass is 282 g/mol. The Balaban J connectivity index is 1.85. The summed E-state index contributed by atoms with van der Waals surface area (Å²) in [6, 6.07) is 5.83. The van der Waals surface area contributed by atoms with E-state index in [2.05, 4.69) is 15.1 Å². The van der Waals surface area contributed by atoms with Crippen LogP contribution in [0.5, 0.6) is 0 Å². The van der Waals surface area contributed by atoms with Gasteiger partial charge < -0.3 is 10.1 Å². The van der Waals surface area contributed by atoms with Gasteiger partial charge in [-0.15, -0.1) is 0 Å². The third-order valence-corrected chi connectivity index (χ3v) is 4.04. The second-order valence-corrected chi connectivity index (χ2v) is 5.32. The first-order valence-electron chi connectivity index (χ1n) is 6.98. The highest BCUT2D eigenvalue weighted by molar-refractivity contribution is 5.79. The second kappa shape index (κ2) is 4.44. The maximum Gasteiger partial charge on any atom is 0.312 e. The summed E-state index contributed by atoms with van der Waals surface area (Å²) in [6.07, 6.45) is 6.02. The lowest BCUT2D eigenvalue weighted by Gasteiger charge is -2.16. The van der Waals surface area contributed by atoms with E-state index in [1.165, 1.54) is 0 Å². The maximum absolute atomic E-state index is 11.4. The number of nitrogens with one attached hydrogen (secondary N) is 1. The zero-order valence-electron chi connectivity index (χ0n) is 11.3. The molecule has 1 aliphatic rings. The van der Waals surface area contributed by atoms with Crippen LogP contribution in [0.15, 0.2) is 30.6 Å². The molecule has 0 spiro atoms. The lowest BCUT2D eigenvalue weighted by atomic mass is 9.90. The van der Waals surface area contributed by atoms with Gasteiger partial charge in [-0.3, -0.25) is 4.79 Å². The average molecular weight is 282 g/mol. The molecule has 0 bridgehead atoms. The van der Waals surface area contributed by atoms with Crippen LogP contribution in [0.2, 0.25) is 0 Å². The van der Waals surface area contributed by atoms with Crippen LogP contribution >= 0.6 is 0 Å². The van der Waals surface area contributed by atoms with E-state index in [0.717, 1.165) is 29.6 Å². The number of H-pyrrole nitrogens is 1. The van der Waals surface area contributed by atoms with Crippen molar-refractivity contribution in [2.75, 3.05) is 0 Å². The molecule has 0 saturated carbocycles. The first-order chi connectivity index (χ1) is 10.2. The molecule has 3 aromatic rings. The van der Waals surface area contributed by atoms with Crippen LogP contribution in [0.4, 0.5) is 0 Å². The fourth-order valence-electron chi connectivity index (χ4n) is 3.01. The molecule has 0 aromatic carbocycles. The SMILES string of the molecule is O=C(O)C1CCCc2[nH]c(-c3cnn4ccccc34)nc21. The van der Waals surface area contributed by atoms with Crippen LogP contribution in [0.1, 0.15) is 30.1 Å². The molecule has 1 atom stereocenters. The molecule has 1 aliphatic carbocycles. The molecule has 1 unspecified atom stereocenters. The maximum atomic E-state index is 11.4. The van der Waals surface area contributed by atoms with Crippen LogP contribution < -0.4 is 0 Å². The van der Waals surface area contributed by atoms with Gasteiger partial charge in [0.05, 0.1) is 23.0 Å². The van der Waals surface area contributed by atoms with E-state index < -0.39 is 11.9 Å². The van der Waals surface area contributed by atoms with E-state index in [4.69, 9.17) is 0 Å². The van der Waals surface area contributed by atoms with E-state index in [1.54, 1.807) is 10.7 Å². The number of carboxylic acid groups (broad SMARTS) is 1. The molecule has 6 heteroatoms. The van der Waals surface area contributed by atoms with Gasteiger partial charge in [-0.1, -0.05) is 6.07 Å². The molecule has 21 heavy (non-hydrogen) atoms. The Morgan fingerprint density at radius 2 is 2.33 bits per heavy atom. The zero-order chi connectivity index (χ0) is 14.4. The number of carbonyl (C=O) groups is 1. The van der Waals surface area contributed by atoms with E-state index >= 15 is 0 Å². The highest BCUT2D eigenvalue weighted by Gasteiger charge is 2.30. The number of aryl methyl sites for hydroxylation is 1. The number of carboxylic acids is 1. The fraction of sp³-hybridized carbons (Fsp3) is 0.267. The van der Waals surface area contributed by atoms with Gasteiger partial charge >= 0.3 is 5.97 Å². The van der Waals surface area contributed by atoms with Gasteiger partial charge in [0.25, 0.3) is 0 Å². The Hall–Kier alpha value is -2.63. The van der Waals surface area contributed by atoms with Crippen LogP contribution in [0.3, 0.4) is 0 Å². The smallest absolute Gasteiger partial charge is 0.312 e. The number of imidazole rings is 1. The number of rotatable bonds is 2. The van der Waals surface area contributed by atoms with E-state index in [0.29, 0.717) is 17.9 Å². The van der Waals surface area contributed by atoms with Crippen molar-refractivity contribution in [2.24, 2.45) is 0 Å². The standard InChI is InChI=1S/C15H14N4O2/c20-15(21)9-4-3-5-11-13(9)18-14(17-11)10-8-16-19-7-2-1-6-12(10)19/h1-2,6-9H,3-5H2,(H,17,18)(H,20,21). The quantitative estimate of drug-likeness (QED) is 0.755. The lowest BCUT2D eigenvalue weighted by Crippen LogP contribution is -2.17. The minimum Gasteiger partial charge on any atom is -0.481 e. The molecule has 3 heterocycles. The summed E-state index contributed by atoms with van der Waals surface area (Å²) >= 11 is 0. The highest BCUT2D eigenvalue weighted by atomic mass is 16.4. The van der Waals surface area contributed by atoms with E-state index in [9.17, 15) is 9.90 Å². The molecule has 4 rings (SSSR count). The van der Waals surface area contributed by atoms with Crippen LogP contribution in [-0.2, 0) is 11.2 Å². The third-order valence-electron chi connectivity index (χ3n) is 4.04. The molecule has 0 saturated heterocycles. The van der Waals surface area contributed by atoms with Gasteiger partial charge in [-0.05, 0) is 31.4 Å². The molecular formula is C15H14N4O2. The molecule has 0 aliphatic heterocycles. The molecule has 2 N–H and O–H groups in total. The van der Waals surface area contributed by atoms with E-state index in [-0.39, 0.29) is 0 Å². The summed E-state index contributed by atoms with van der Waals surface area (Å²) < 4.78 is 1.78. The number of aliphatic carboxylic acids is 1. The summed E-state index contributed by atoms with van der Waals surface area (Å²) in [7, 11) is 0. The van der Waals surface area contributed by atoms with Crippen LogP contribution in [-0.4, -0.2) is 30.7 Å². The first kappa shape index (κ1) is 12.1. The number of fused-ring (bicyclic) bond motifs is 2. The Bertz CT molecular complexity index is 833. The predicted octanol–water partition coefficient (Wildman–Crippen LogP) is 2.23. The normalized spacial score (nSPS) is 17.8. The summed E-state index contributed by atoms with van der Waals surface area (Å²) in [5.41, 5.74) is 3.47. The second-order valence-electron chi connectivity index (χ2n) is 5.32.